The normalized spacial score (nSPS) is 23.8. The molecule has 0 heterocycles. The Balaban J connectivity index is 1.98. The average molecular weight is 366 g/mol. The zero-order chi connectivity index (χ0) is 14.8. The molecule has 2 rings (SSSR count). The Morgan fingerprint density at radius 1 is 1.30 bits per heavy atom. The molecule has 0 amide bonds. The molecule has 0 spiro atoms. The van der Waals surface area contributed by atoms with Gasteiger partial charge in [-0.15, -0.1) is 0 Å². The molecular formula is C13H17BrFNO3S. The van der Waals surface area contributed by atoms with Gasteiger partial charge in [-0.25, -0.2) is 17.5 Å². The minimum absolute atomic E-state index is 0.0750. The van der Waals surface area contributed by atoms with Crippen LogP contribution in [0.4, 0.5) is 4.39 Å². The highest BCUT2D eigenvalue weighted by Gasteiger charge is 2.22. The summed E-state index contributed by atoms with van der Waals surface area (Å²) in [6, 6.07) is 3.73. The van der Waals surface area contributed by atoms with E-state index in [0.717, 1.165) is 18.9 Å². The molecule has 1 fully saturated rings. The van der Waals surface area contributed by atoms with E-state index in [1.807, 2.05) is 0 Å². The van der Waals surface area contributed by atoms with Gasteiger partial charge in [-0.2, -0.15) is 0 Å². The average Bonchev–Trinajstić information content (AvgIpc) is 2.41. The summed E-state index contributed by atoms with van der Waals surface area (Å²) >= 11 is 2.99. The molecule has 20 heavy (non-hydrogen) atoms. The lowest BCUT2D eigenvalue weighted by molar-refractivity contribution is 0.109. The summed E-state index contributed by atoms with van der Waals surface area (Å²) in [5, 5.41) is 9.40. The molecule has 1 aliphatic rings. The molecule has 1 aliphatic carbocycles. The van der Waals surface area contributed by atoms with Gasteiger partial charge >= 0.3 is 0 Å². The Morgan fingerprint density at radius 3 is 2.55 bits per heavy atom. The predicted molar refractivity (Wildman–Crippen MR) is 77.3 cm³/mol. The molecule has 2 N–H and O–H groups in total. The molecule has 1 aromatic carbocycles. The van der Waals surface area contributed by atoms with Gasteiger partial charge in [-0.3, -0.25) is 0 Å². The van der Waals surface area contributed by atoms with Crippen LogP contribution in [0.3, 0.4) is 0 Å². The van der Waals surface area contributed by atoms with Crippen molar-refractivity contribution in [3.63, 3.8) is 0 Å². The van der Waals surface area contributed by atoms with Crippen LogP contribution in [-0.4, -0.2) is 26.2 Å². The quantitative estimate of drug-likeness (QED) is 0.860. The van der Waals surface area contributed by atoms with E-state index >= 15 is 0 Å². The topological polar surface area (TPSA) is 66.4 Å². The maximum absolute atomic E-state index is 13.4. The van der Waals surface area contributed by atoms with Gasteiger partial charge in [0.25, 0.3) is 0 Å². The first kappa shape index (κ1) is 15.9. The van der Waals surface area contributed by atoms with E-state index in [9.17, 15) is 17.9 Å². The van der Waals surface area contributed by atoms with Crippen molar-refractivity contribution in [1.82, 2.24) is 4.72 Å². The SMILES string of the molecule is O=S(=O)(NCC1CCC(O)CC1)c1ccc(Br)c(F)c1. The molecule has 0 aliphatic heterocycles. The third-order valence-electron chi connectivity index (χ3n) is 3.58. The molecule has 7 heteroatoms. The second-order valence-electron chi connectivity index (χ2n) is 5.10. The van der Waals surface area contributed by atoms with Crippen molar-refractivity contribution in [3.05, 3.63) is 28.5 Å². The molecule has 1 saturated carbocycles. The maximum Gasteiger partial charge on any atom is 0.240 e. The molecule has 0 unspecified atom stereocenters. The Kier molecular flexibility index (Phi) is 5.17. The van der Waals surface area contributed by atoms with Crippen LogP contribution in [0.5, 0.6) is 0 Å². The van der Waals surface area contributed by atoms with Crippen LogP contribution >= 0.6 is 15.9 Å². The Bertz CT molecular complexity index is 571. The summed E-state index contributed by atoms with van der Waals surface area (Å²) in [6.45, 7) is 0.326. The summed E-state index contributed by atoms with van der Waals surface area (Å²) in [4.78, 5) is -0.0750. The minimum Gasteiger partial charge on any atom is -0.393 e. The van der Waals surface area contributed by atoms with Crippen LogP contribution in [0, 0.1) is 11.7 Å². The molecule has 0 bridgehead atoms. The van der Waals surface area contributed by atoms with E-state index in [1.165, 1.54) is 12.1 Å². The van der Waals surface area contributed by atoms with E-state index in [-0.39, 0.29) is 21.4 Å². The van der Waals surface area contributed by atoms with Crippen molar-refractivity contribution in [2.24, 2.45) is 5.92 Å². The fourth-order valence-electron chi connectivity index (χ4n) is 2.30. The van der Waals surface area contributed by atoms with Gasteiger partial charge in [-0.05, 0) is 65.7 Å². The van der Waals surface area contributed by atoms with Gasteiger partial charge in [-0.1, -0.05) is 0 Å². The van der Waals surface area contributed by atoms with E-state index in [2.05, 4.69) is 20.7 Å². The number of halogens is 2. The van der Waals surface area contributed by atoms with Crippen LogP contribution in [0.25, 0.3) is 0 Å². The molecular weight excluding hydrogens is 349 g/mol. The van der Waals surface area contributed by atoms with Crippen molar-refractivity contribution >= 4 is 26.0 Å². The van der Waals surface area contributed by atoms with E-state index in [1.54, 1.807) is 0 Å². The standard InChI is InChI=1S/C13H17BrFNO3S/c14-12-6-5-11(7-13(12)15)20(18,19)16-8-9-1-3-10(17)4-2-9/h5-7,9-10,16-17H,1-4,8H2. The van der Waals surface area contributed by atoms with E-state index in [0.29, 0.717) is 19.4 Å². The van der Waals surface area contributed by atoms with Crippen LogP contribution in [0.15, 0.2) is 27.6 Å². The highest BCUT2D eigenvalue weighted by atomic mass is 79.9. The second kappa shape index (κ2) is 6.51. The first-order valence-electron chi connectivity index (χ1n) is 6.51. The zero-order valence-corrected chi connectivity index (χ0v) is 13.3. The van der Waals surface area contributed by atoms with Crippen molar-refractivity contribution in [2.75, 3.05) is 6.54 Å². The summed E-state index contributed by atoms with van der Waals surface area (Å²) in [6.07, 6.45) is 2.76. The van der Waals surface area contributed by atoms with Gasteiger partial charge in [0.2, 0.25) is 10.0 Å². The molecule has 0 aromatic heterocycles. The van der Waals surface area contributed by atoms with Crippen LogP contribution in [0.2, 0.25) is 0 Å². The summed E-state index contributed by atoms with van der Waals surface area (Å²) in [5.41, 5.74) is 0. The van der Waals surface area contributed by atoms with Crippen LogP contribution in [0.1, 0.15) is 25.7 Å². The largest absolute Gasteiger partial charge is 0.393 e. The first-order valence-corrected chi connectivity index (χ1v) is 8.79. The highest BCUT2D eigenvalue weighted by Crippen LogP contribution is 2.24. The van der Waals surface area contributed by atoms with E-state index < -0.39 is 15.8 Å². The fraction of sp³-hybridized carbons (Fsp3) is 0.538. The van der Waals surface area contributed by atoms with Gasteiger partial charge in [0.05, 0.1) is 15.5 Å². The number of nitrogens with one attached hydrogen (secondary N) is 1. The lowest BCUT2D eigenvalue weighted by Gasteiger charge is -2.25. The number of hydrogen-bond donors (Lipinski definition) is 2. The Hall–Kier alpha value is -0.500. The smallest absolute Gasteiger partial charge is 0.240 e. The van der Waals surface area contributed by atoms with Crippen molar-refractivity contribution < 1.29 is 17.9 Å². The van der Waals surface area contributed by atoms with Crippen molar-refractivity contribution in [2.45, 2.75) is 36.7 Å². The molecule has 0 saturated heterocycles. The van der Waals surface area contributed by atoms with Crippen molar-refractivity contribution in [3.8, 4) is 0 Å². The lowest BCUT2D eigenvalue weighted by atomic mass is 9.88. The fourth-order valence-corrected chi connectivity index (χ4v) is 3.68. The number of sulfonamides is 1. The zero-order valence-electron chi connectivity index (χ0n) is 10.9. The number of rotatable bonds is 4. The summed E-state index contributed by atoms with van der Waals surface area (Å²) < 4.78 is 40.3. The van der Waals surface area contributed by atoms with Gasteiger partial charge in [0, 0.05) is 6.54 Å². The number of hydrogen-bond acceptors (Lipinski definition) is 3. The van der Waals surface area contributed by atoms with Crippen LogP contribution in [-0.2, 0) is 10.0 Å². The molecule has 0 radical (unpaired) electrons. The molecule has 4 nitrogen and oxygen atoms in total. The Morgan fingerprint density at radius 2 is 1.95 bits per heavy atom. The summed E-state index contributed by atoms with van der Waals surface area (Å²) in [7, 11) is -3.69. The van der Waals surface area contributed by atoms with Gasteiger partial charge < -0.3 is 5.11 Å². The molecule has 112 valence electrons. The van der Waals surface area contributed by atoms with Crippen molar-refractivity contribution in [1.29, 1.82) is 0 Å². The third kappa shape index (κ3) is 4.00. The van der Waals surface area contributed by atoms with Gasteiger partial charge in [0.1, 0.15) is 5.82 Å². The lowest BCUT2D eigenvalue weighted by Crippen LogP contribution is -2.32. The Labute approximate surface area is 126 Å². The number of benzene rings is 1. The maximum atomic E-state index is 13.4. The molecule has 1 aromatic rings. The van der Waals surface area contributed by atoms with Crippen LogP contribution < -0.4 is 4.72 Å². The predicted octanol–water partition coefficient (Wildman–Crippen LogP) is 2.42. The number of aliphatic hydroxyl groups is 1. The monoisotopic (exact) mass is 365 g/mol. The molecule has 0 atom stereocenters. The first-order chi connectivity index (χ1) is 9.38. The summed E-state index contributed by atoms with van der Waals surface area (Å²) in [5.74, 6) is -0.373. The van der Waals surface area contributed by atoms with E-state index in [4.69, 9.17) is 0 Å². The minimum atomic E-state index is -3.69. The third-order valence-corrected chi connectivity index (χ3v) is 5.64. The van der Waals surface area contributed by atoms with Gasteiger partial charge in [0.15, 0.2) is 0 Å². The second-order valence-corrected chi connectivity index (χ2v) is 7.72. The highest BCUT2D eigenvalue weighted by molar-refractivity contribution is 9.10. The number of aliphatic hydroxyl groups excluding tert-OH is 1.